The molecule has 3 aromatic rings. The van der Waals surface area contributed by atoms with E-state index in [1.54, 1.807) is 0 Å². The van der Waals surface area contributed by atoms with Gasteiger partial charge >= 0.3 is 6.09 Å². The summed E-state index contributed by atoms with van der Waals surface area (Å²) in [6.45, 7) is 0. The molecule has 3 rings (SSSR count). The molecule has 4 heteroatoms. The minimum atomic E-state index is -2.46. The second-order valence-electron chi connectivity index (χ2n) is 5.09. The highest BCUT2D eigenvalue weighted by atomic mass is 31.2. The highest BCUT2D eigenvalue weighted by molar-refractivity contribution is 7.94. The van der Waals surface area contributed by atoms with Crippen LogP contribution in [0.1, 0.15) is 0 Å². The van der Waals surface area contributed by atoms with E-state index in [1.807, 2.05) is 91.0 Å². The topological polar surface area (TPSA) is 49.3 Å². The molecule has 0 saturated heterocycles. The van der Waals surface area contributed by atoms with Crippen LogP contribution in [-0.4, -0.2) is 11.2 Å². The van der Waals surface area contributed by atoms with Crippen molar-refractivity contribution in [3.05, 3.63) is 91.0 Å². The maximum Gasteiger partial charge on any atom is 0.437 e. The van der Waals surface area contributed by atoms with Crippen LogP contribution in [0, 0.1) is 0 Å². The number of hydrogen-bond acceptors (Lipinski definition) is 1. The largest absolute Gasteiger partial charge is 0.463 e. The van der Waals surface area contributed by atoms with E-state index in [2.05, 4.69) is 5.09 Å². The number of nitrogens with one attached hydrogen (secondary N) is 1. The van der Waals surface area contributed by atoms with Crippen LogP contribution >= 0.6 is 7.41 Å². The van der Waals surface area contributed by atoms with Crippen LogP contribution < -0.4 is 21.0 Å². The summed E-state index contributed by atoms with van der Waals surface area (Å²) in [7, 11) is -2.46. The van der Waals surface area contributed by atoms with Crippen molar-refractivity contribution in [3.8, 4) is 0 Å². The van der Waals surface area contributed by atoms with Crippen LogP contribution in [-0.2, 0) is 0 Å². The Bertz CT molecular complexity index is 680. The van der Waals surface area contributed by atoms with Crippen LogP contribution in [0.25, 0.3) is 0 Å². The molecule has 114 valence electrons. The van der Waals surface area contributed by atoms with Crippen LogP contribution in [0.15, 0.2) is 91.0 Å². The third-order valence-corrected chi connectivity index (χ3v) is 7.44. The minimum Gasteiger partial charge on any atom is -0.463 e. The lowest BCUT2D eigenvalue weighted by molar-refractivity contribution is 0.201. The van der Waals surface area contributed by atoms with Crippen molar-refractivity contribution >= 4 is 29.4 Å². The van der Waals surface area contributed by atoms with Crippen molar-refractivity contribution in [1.82, 2.24) is 5.09 Å². The van der Waals surface area contributed by atoms with Crippen LogP contribution in [0.3, 0.4) is 0 Å². The number of amides is 1. The fourth-order valence-electron chi connectivity index (χ4n) is 2.74. The third-order valence-electron chi connectivity index (χ3n) is 3.69. The van der Waals surface area contributed by atoms with Gasteiger partial charge in [-0.05, 0) is 36.4 Å². The second kappa shape index (κ2) is 6.64. The molecule has 0 aliphatic rings. The first kappa shape index (κ1) is 15.3. The van der Waals surface area contributed by atoms with Crippen molar-refractivity contribution in [2.45, 2.75) is 0 Å². The Balaban J connectivity index is 2.32. The summed E-state index contributed by atoms with van der Waals surface area (Å²) >= 11 is 0. The molecule has 1 amide bonds. The highest BCUT2D eigenvalue weighted by Crippen LogP contribution is 2.50. The molecule has 0 radical (unpaired) electrons. The lowest BCUT2D eigenvalue weighted by Crippen LogP contribution is -2.42. The van der Waals surface area contributed by atoms with Crippen molar-refractivity contribution in [2.24, 2.45) is 0 Å². The molecule has 0 heterocycles. The average molecular weight is 322 g/mol. The maximum atomic E-state index is 11.7. The molecule has 2 N–H and O–H groups in total. The lowest BCUT2D eigenvalue weighted by atomic mass is 10.4. The van der Waals surface area contributed by atoms with E-state index in [4.69, 9.17) is 0 Å². The third kappa shape index (κ3) is 2.96. The van der Waals surface area contributed by atoms with Crippen LogP contribution in [0.5, 0.6) is 0 Å². The van der Waals surface area contributed by atoms with E-state index in [-0.39, 0.29) is 0 Å². The van der Waals surface area contributed by atoms with Gasteiger partial charge in [0.25, 0.3) is 0 Å². The Kier molecular flexibility index (Phi) is 4.40. The van der Waals surface area contributed by atoms with Crippen molar-refractivity contribution in [2.75, 3.05) is 0 Å². The summed E-state index contributed by atoms with van der Waals surface area (Å²) in [4.78, 5) is 11.7. The Hall–Kier alpha value is -2.64. The van der Waals surface area contributed by atoms with Crippen molar-refractivity contribution in [1.29, 1.82) is 0 Å². The Morgan fingerprint density at radius 3 is 1.22 bits per heavy atom. The number of hydrogen-bond donors (Lipinski definition) is 2. The quantitative estimate of drug-likeness (QED) is 0.725. The maximum absolute atomic E-state index is 11.7. The van der Waals surface area contributed by atoms with Gasteiger partial charge in [-0.2, -0.15) is 5.09 Å². The molecule has 3 aromatic carbocycles. The Morgan fingerprint density at radius 2 is 0.957 bits per heavy atom. The standard InChI is InChI=1S/C19H16NO2P/c21-19(22)20-23(16-10-4-1-5-11-16,17-12-6-2-7-13-17)18-14-8-3-9-15-18/h1-15,20H/p+1. The van der Waals surface area contributed by atoms with Crippen LogP contribution in [0.4, 0.5) is 4.79 Å². The van der Waals surface area contributed by atoms with Crippen molar-refractivity contribution < 1.29 is 9.90 Å². The molecule has 0 atom stereocenters. The van der Waals surface area contributed by atoms with Gasteiger partial charge in [0.15, 0.2) is 0 Å². The molecule has 0 saturated carbocycles. The van der Waals surface area contributed by atoms with E-state index < -0.39 is 13.5 Å². The molecule has 0 spiro atoms. The Labute approximate surface area is 136 Å². The van der Waals surface area contributed by atoms with Gasteiger partial charge in [0.1, 0.15) is 15.9 Å². The first-order chi connectivity index (χ1) is 11.2. The first-order valence-corrected chi connectivity index (χ1v) is 9.09. The zero-order valence-corrected chi connectivity index (χ0v) is 13.4. The SMILES string of the molecule is O=C(O)N[P+](c1ccccc1)(c1ccccc1)c1ccccc1. The molecule has 0 bridgehead atoms. The molecular formula is C19H17NO2P+. The van der Waals surface area contributed by atoms with E-state index in [1.165, 1.54) is 0 Å². The molecule has 0 aliphatic carbocycles. The summed E-state index contributed by atoms with van der Waals surface area (Å²) in [5, 5.41) is 15.4. The molecule has 0 unspecified atom stereocenters. The molecule has 0 aromatic heterocycles. The van der Waals surface area contributed by atoms with Gasteiger partial charge in [0, 0.05) is 0 Å². The first-order valence-electron chi connectivity index (χ1n) is 7.30. The molecule has 23 heavy (non-hydrogen) atoms. The van der Waals surface area contributed by atoms with E-state index in [0.29, 0.717) is 0 Å². The van der Waals surface area contributed by atoms with Gasteiger partial charge in [-0.3, -0.25) is 0 Å². The van der Waals surface area contributed by atoms with Gasteiger partial charge in [-0.15, -0.1) is 0 Å². The van der Waals surface area contributed by atoms with Gasteiger partial charge in [0.2, 0.25) is 7.41 Å². The summed E-state index contributed by atoms with van der Waals surface area (Å²) < 4.78 is 0. The van der Waals surface area contributed by atoms with Gasteiger partial charge in [0.05, 0.1) is 0 Å². The predicted molar refractivity (Wildman–Crippen MR) is 96.3 cm³/mol. The molecular weight excluding hydrogens is 305 g/mol. The van der Waals surface area contributed by atoms with E-state index in [9.17, 15) is 9.90 Å². The Morgan fingerprint density at radius 1 is 0.652 bits per heavy atom. The van der Waals surface area contributed by atoms with Crippen LogP contribution in [0.2, 0.25) is 0 Å². The fourth-order valence-corrected chi connectivity index (χ4v) is 6.17. The monoisotopic (exact) mass is 322 g/mol. The highest BCUT2D eigenvalue weighted by Gasteiger charge is 2.47. The average Bonchev–Trinajstić information content (AvgIpc) is 2.62. The number of carboxylic acid groups (broad SMARTS) is 1. The predicted octanol–water partition coefficient (Wildman–Crippen LogP) is 3.16. The molecule has 0 aliphatic heterocycles. The number of carbonyl (C=O) groups is 1. The number of rotatable bonds is 4. The summed E-state index contributed by atoms with van der Waals surface area (Å²) in [6, 6.07) is 29.4. The summed E-state index contributed by atoms with van der Waals surface area (Å²) in [6.07, 6.45) is -1.02. The lowest BCUT2D eigenvalue weighted by Gasteiger charge is -2.26. The summed E-state index contributed by atoms with van der Waals surface area (Å²) in [5.74, 6) is 0. The van der Waals surface area contributed by atoms with Gasteiger partial charge in [-0.1, -0.05) is 54.6 Å². The van der Waals surface area contributed by atoms with Crippen molar-refractivity contribution in [3.63, 3.8) is 0 Å². The zero-order valence-electron chi connectivity index (χ0n) is 12.5. The van der Waals surface area contributed by atoms with E-state index in [0.717, 1.165) is 15.9 Å². The smallest absolute Gasteiger partial charge is 0.437 e. The fraction of sp³-hybridized carbons (Fsp3) is 0. The normalized spacial score (nSPS) is 11.0. The van der Waals surface area contributed by atoms with Gasteiger partial charge < -0.3 is 5.11 Å². The minimum absolute atomic E-state index is 0.986. The second-order valence-corrected chi connectivity index (χ2v) is 8.21. The van der Waals surface area contributed by atoms with Gasteiger partial charge in [-0.25, -0.2) is 4.79 Å². The molecule has 3 nitrogen and oxygen atoms in total. The zero-order chi connectivity index (χ0) is 16.1. The number of benzene rings is 3. The summed E-state index contributed by atoms with van der Waals surface area (Å²) in [5.41, 5.74) is 0. The molecule has 0 fully saturated rings. The van der Waals surface area contributed by atoms with E-state index >= 15 is 0 Å².